The van der Waals surface area contributed by atoms with Gasteiger partial charge in [0.1, 0.15) is 5.60 Å². The van der Waals surface area contributed by atoms with E-state index in [0.717, 1.165) is 0 Å². The lowest BCUT2D eigenvalue weighted by molar-refractivity contribution is -0.321. The molecule has 1 heterocycles. The van der Waals surface area contributed by atoms with Gasteiger partial charge in [-0.2, -0.15) is 5.26 Å². The van der Waals surface area contributed by atoms with Crippen LogP contribution in [0.2, 0.25) is 0 Å². The quantitative estimate of drug-likeness (QED) is 0.733. The van der Waals surface area contributed by atoms with Crippen molar-refractivity contribution in [3.8, 4) is 6.07 Å². The number of carboxylic acids is 1. The van der Waals surface area contributed by atoms with Gasteiger partial charge in [-0.15, -0.1) is 0 Å². The normalized spacial score (nSPS) is 18.5. The van der Waals surface area contributed by atoms with Crippen molar-refractivity contribution in [3.05, 3.63) is 0 Å². The van der Waals surface area contributed by atoms with Gasteiger partial charge in [0.05, 0.1) is 6.07 Å². The second-order valence-electron chi connectivity index (χ2n) is 5.87. The number of rotatable bonds is 2. The summed E-state index contributed by atoms with van der Waals surface area (Å²) >= 11 is 0. The maximum Gasteiger partial charge on any atom is 0.410 e. The number of ether oxygens (including phenoxy) is 1. The van der Waals surface area contributed by atoms with Crippen LogP contribution in [0.4, 0.5) is 4.79 Å². The Morgan fingerprint density at radius 2 is 1.89 bits per heavy atom. The molecular weight excluding hydrogens is 248 g/mol. The van der Waals surface area contributed by atoms with Crippen LogP contribution in [0.25, 0.3) is 0 Å². The van der Waals surface area contributed by atoms with Gasteiger partial charge in [-0.05, 0) is 33.6 Å². The van der Waals surface area contributed by atoms with Gasteiger partial charge in [0, 0.05) is 30.9 Å². The Bertz CT molecular complexity index is 398. The van der Waals surface area contributed by atoms with Crippen molar-refractivity contribution in [1.82, 2.24) is 4.90 Å². The summed E-state index contributed by atoms with van der Waals surface area (Å²) < 4.78 is 5.22. The highest BCUT2D eigenvalue weighted by molar-refractivity contribution is 5.74. The predicted octanol–water partition coefficient (Wildman–Crippen LogP) is 0.667. The number of carbonyl (C=O) groups excluding carboxylic acids is 2. The second-order valence-corrected chi connectivity index (χ2v) is 5.87. The van der Waals surface area contributed by atoms with Crippen LogP contribution in [0.5, 0.6) is 0 Å². The molecule has 1 aliphatic heterocycles. The van der Waals surface area contributed by atoms with Crippen molar-refractivity contribution < 1.29 is 19.4 Å². The van der Waals surface area contributed by atoms with Crippen LogP contribution < -0.4 is 5.11 Å². The number of likely N-dealkylation sites (tertiary alicyclic amines) is 1. The molecule has 1 saturated heterocycles. The van der Waals surface area contributed by atoms with Crippen molar-refractivity contribution in [2.24, 2.45) is 5.41 Å². The minimum Gasteiger partial charge on any atom is -0.550 e. The lowest BCUT2D eigenvalue weighted by atomic mass is 9.76. The zero-order valence-electron chi connectivity index (χ0n) is 11.6. The van der Waals surface area contributed by atoms with E-state index in [1.54, 1.807) is 20.8 Å². The first-order valence-electron chi connectivity index (χ1n) is 6.26. The highest BCUT2D eigenvalue weighted by atomic mass is 16.6. The Morgan fingerprint density at radius 3 is 2.26 bits per heavy atom. The second kappa shape index (κ2) is 5.47. The Balaban J connectivity index is 2.64. The van der Waals surface area contributed by atoms with E-state index in [0.29, 0.717) is 0 Å². The molecule has 0 aromatic rings. The number of aliphatic carboxylic acids is 1. The fraction of sp³-hybridized carbons (Fsp3) is 0.769. The molecule has 0 aliphatic carbocycles. The van der Waals surface area contributed by atoms with E-state index >= 15 is 0 Å². The molecule has 1 amide bonds. The summed E-state index contributed by atoms with van der Waals surface area (Å²) in [4.78, 5) is 24.5. The maximum atomic E-state index is 11.8. The van der Waals surface area contributed by atoms with Gasteiger partial charge in [0.15, 0.2) is 0 Å². The molecule has 0 spiro atoms. The molecule has 0 unspecified atom stereocenters. The van der Waals surface area contributed by atoms with Gasteiger partial charge >= 0.3 is 6.09 Å². The molecule has 0 aromatic carbocycles. The minimum atomic E-state index is -1.21. The van der Waals surface area contributed by atoms with E-state index in [1.807, 2.05) is 6.07 Å². The summed E-state index contributed by atoms with van der Waals surface area (Å²) in [7, 11) is 0. The third kappa shape index (κ3) is 3.85. The zero-order valence-corrected chi connectivity index (χ0v) is 11.6. The molecule has 1 rings (SSSR count). The minimum absolute atomic E-state index is 0.0858. The molecule has 6 nitrogen and oxygen atoms in total. The van der Waals surface area contributed by atoms with Crippen LogP contribution in [0, 0.1) is 16.7 Å². The van der Waals surface area contributed by atoms with Gasteiger partial charge in [-0.1, -0.05) is 0 Å². The standard InChI is InChI=1S/C13H20N2O4/c1-12(2,3)19-11(18)15-8-5-13(4-7-14,6-9-15)10(16)17/h4-6,8-9H2,1-3H3,(H,16,17)/p-1. The molecule has 0 radical (unpaired) electrons. The van der Waals surface area contributed by atoms with E-state index in [1.165, 1.54) is 4.90 Å². The van der Waals surface area contributed by atoms with Gasteiger partial charge in [-0.3, -0.25) is 0 Å². The molecule has 106 valence electrons. The molecule has 0 atom stereocenters. The average Bonchev–Trinajstić information content (AvgIpc) is 2.27. The molecule has 0 N–H and O–H groups in total. The number of carbonyl (C=O) groups is 2. The van der Waals surface area contributed by atoms with Gasteiger partial charge in [0.25, 0.3) is 0 Å². The molecule has 0 saturated carbocycles. The number of hydrogen-bond acceptors (Lipinski definition) is 5. The monoisotopic (exact) mass is 267 g/mol. The van der Waals surface area contributed by atoms with Crippen molar-refractivity contribution in [1.29, 1.82) is 5.26 Å². The van der Waals surface area contributed by atoms with Crippen molar-refractivity contribution in [2.75, 3.05) is 13.1 Å². The van der Waals surface area contributed by atoms with Crippen LogP contribution in [0.1, 0.15) is 40.0 Å². The van der Waals surface area contributed by atoms with Crippen molar-refractivity contribution in [2.45, 2.75) is 45.6 Å². The molecule has 6 heteroatoms. The van der Waals surface area contributed by atoms with Gasteiger partial charge in [0.2, 0.25) is 0 Å². The topological polar surface area (TPSA) is 93.5 Å². The molecule has 1 fully saturated rings. The Hall–Kier alpha value is -1.77. The summed E-state index contributed by atoms with van der Waals surface area (Å²) in [5.41, 5.74) is -1.71. The summed E-state index contributed by atoms with van der Waals surface area (Å²) in [6.45, 7) is 5.86. The van der Waals surface area contributed by atoms with E-state index in [4.69, 9.17) is 10.00 Å². The molecule has 19 heavy (non-hydrogen) atoms. The Kier molecular flexibility index (Phi) is 4.40. The van der Waals surface area contributed by atoms with Crippen LogP contribution in [-0.2, 0) is 9.53 Å². The fourth-order valence-corrected chi connectivity index (χ4v) is 2.05. The van der Waals surface area contributed by atoms with Gasteiger partial charge < -0.3 is 19.5 Å². The molecule has 0 bridgehead atoms. The first-order valence-corrected chi connectivity index (χ1v) is 6.26. The first kappa shape index (κ1) is 15.3. The van der Waals surface area contributed by atoms with Crippen LogP contribution in [-0.4, -0.2) is 35.7 Å². The smallest absolute Gasteiger partial charge is 0.410 e. The molecule has 1 aliphatic rings. The Morgan fingerprint density at radius 1 is 1.37 bits per heavy atom. The largest absolute Gasteiger partial charge is 0.550 e. The number of hydrogen-bond donors (Lipinski definition) is 0. The zero-order chi connectivity index (χ0) is 14.7. The number of piperidine rings is 1. The Labute approximate surface area is 112 Å². The number of carboxylic acid groups (broad SMARTS) is 1. The molecular formula is C13H19N2O4-. The van der Waals surface area contributed by atoms with E-state index in [-0.39, 0.29) is 32.4 Å². The summed E-state index contributed by atoms with van der Waals surface area (Å²) in [6, 6.07) is 1.89. The van der Waals surface area contributed by atoms with E-state index < -0.39 is 23.1 Å². The third-order valence-electron chi connectivity index (χ3n) is 3.22. The third-order valence-corrected chi connectivity index (χ3v) is 3.22. The van der Waals surface area contributed by atoms with Gasteiger partial charge in [-0.25, -0.2) is 4.79 Å². The van der Waals surface area contributed by atoms with Crippen LogP contribution in [0.15, 0.2) is 0 Å². The highest BCUT2D eigenvalue weighted by Gasteiger charge is 2.38. The van der Waals surface area contributed by atoms with Crippen LogP contribution >= 0.6 is 0 Å². The summed E-state index contributed by atoms with van der Waals surface area (Å²) in [5.74, 6) is -1.21. The summed E-state index contributed by atoms with van der Waals surface area (Å²) in [5, 5.41) is 19.9. The van der Waals surface area contributed by atoms with E-state index in [9.17, 15) is 14.7 Å². The lowest BCUT2D eigenvalue weighted by Gasteiger charge is -2.41. The average molecular weight is 267 g/mol. The molecule has 0 aromatic heterocycles. The van der Waals surface area contributed by atoms with E-state index in [2.05, 4.69) is 0 Å². The first-order chi connectivity index (χ1) is 8.70. The number of amides is 1. The fourth-order valence-electron chi connectivity index (χ4n) is 2.05. The lowest BCUT2D eigenvalue weighted by Crippen LogP contribution is -2.51. The SMILES string of the molecule is CC(C)(C)OC(=O)N1CCC(CC#N)(C(=O)[O-])CC1. The van der Waals surface area contributed by atoms with Crippen molar-refractivity contribution >= 4 is 12.1 Å². The predicted molar refractivity (Wildman–Crippen MR) is 64.7 cm³/mol. The maximum absolute atomic E-state index is 11.8. The van der Waals surface area contributed by atoms with Crippen LogP contribution in [0.3, 0.4) is 0 Å². The highest BCUT2D eigenvalue weighted by Crippen LogP contribution is 2.34. The van der Waals surface area contributed by atoms with Crippen molar-refractivity contribution in [3.63, 3.8) is 0 Å². The number of nitrogens with zero attached hydrogens (tertiary/aromatic N) is 2. The number of nitriles is 1. The summed E-state index contributed by atoms with van der Waals surface area (Å²) in [6.07, 6.45) is -0.0849.